The molecular weight excluding hydrogens is 366 g/mol. The SMILES string of the molecule is CCN1CCC[C@@H]2Cc3nc(NC(C)C)sc3C[C@H]21.O=C(O)CCC(=O)O. The third-order valence-electron chi connectivity index (χ3n) is 5.03. The Kier molecular flexibility index (Phi) is 8.04. The number of fused-ring (bicyclic) bond motifs is 2. The van der Waals surface area contributed by atoms with Gasteiger partial charge in [0.25, 0.3) is 0 Å². The highest BCUT2D eigenvalue weighted by Crippen LogP contribution is 2.38. The van der Waals surface area contributed by atoms with Gasteiger partial charge in [0.2, 0.25) is 0 Å². The zero-order valence-electron chi connectivity index (χ0n) is 16.4. The number of hydrogen-bond donors (Lipinski definition) is 3. The fourth-order valence-electron chi connectivity index (χ4n) is 3.80. The molecule has 0 spiro atoms. The molecule has 0 aromatic carbocycles. The molecule has 8 heteroatoms. The smallest absolute Gasteiger partial charge is 0.303 e. The van der Waals surface area contributed by atoms with E-state index in [-0.39, 0.29) is 12.8 Å². The summed E-state index contributed by atoms with van der Waals surface area (Å²) in [6, 6.07) is 1.25. The van der Waals surface area contributed by atoms with Crippen LogP contribution >= 0.6 is 11.3 Å². The monoisotopic (exact) mass is 397 g/mol. The summed E-state index contributed by atoms with van der Waals surface area (Å²) >= 11 is 1.88. The maximum absolute atomic E-state index is 9.64. The topological polar surface area (TPSA) is 103 Å². The first kappa shape index (κ1) is 21.6. The summed E-state index contributed by atoms with van der Waals surface area (Å²) in [5, 5.41) is 20.4. The number of carboxylic acid groups (broad SMARTS) is 2. The minimum absolute atomic E-state index is 0.296. The predicted octanol–water partition coefficient (Wildman–Crippen LogP) is 3.10. The second-order valence-corrected chi connectivity index (χ2v) is 8.57. The molecule has 3 rings (SSSR count). The van der Waals surface area contributed by atoms with Gasteiger partial charge in [0.05, 0.1) is 18.5 Å². The number of hydrogen-bond acceptors (Lipinski definition) is 6. The highest BCUT2D eigenvalue weighted by atomic mass is 32.1. The number of aliphatic carboxylic acids is 2. The molecule has 3 N–H and O–H groups in total. The molecule has 1 aliphatic heterocycles. The van der Waals surface area contributed by atoms with Crippen LogP contribution in [0.5, 0.6) is 0 Å². The minimum Gasteiger partial charge on any atom is -0.481 e. The van der Waals surface area contributed by atoms with Gasteiger partial charge in [0, 0.05) is 17.0 Å². The summed E-state index contributed by atoms with van der Waals surface area (Å²) in [6.45, 7) is 9.16. The van der Waals surface area contributed by atoms with Crippen LogP contribution in [0.3, 0.4) is 0 Å². The molecule has 1 aromatic rings. The Morgan fingerprint density at radius 3 is 2.48 bits per heavy atom. The third kappa shape index (κ3) is 6.46. The van der Waals surface area contributed by atoms with E-state index in [1.807, 2.05) is 11.3 Å². The van der Waals surface area contributed by atoms with Crippen LogP contribution < -0.4 is 5.32 Å². The molecule has 1 aromatic heterocycles. The number of nitrogens with one attached hydrogen (secondary N) is 1. The second kappa shape index (κ2) is 10.0. The normalized spacial score (nSPS) is 21.6. The van der Waals surface area contributed by atoms with E-state index in [1.54, 1.807) is 0 Å². The number of nitrogens with zero attached hydrogens (tertiary/aromatic N) is 2. The lowest BCUT2D eigenvalue weighted by Gasteiger charge is -2.43. The van der Waals surface area contributed by atoms with Crippen LogP contribution in [0, 0.1) is 5.92 Å². The summed E-state index contributed by atoms with van der Waals surface area (Å²) in [5.74, 6) is -1.31. The summed E-state index contributed by atoms with van der Waals surface area (Å²) in [6.07, 6.45) is 4.60. The number of rotatable bonds is 6. The lowest BCUT2D eigenvalue weighted by Crippen LogP contribution is -2.48. The Morgan fingerprint density at radius 2 is 1.93 bits per heavy atom. The molecule has 1 aliphatic carbocycles. The summed E-state index contributed by atoms with van der Waals surface area (Å²) < 4.78 is 0. The third-order valence-corrected chi connectivity index (χ3v) is 6.08. The first-order chi connectivity index (χ1) is 12.8. The van der Waals surface area contributed by atoms with E-state index in [2.05, 4.69) is 31.0 Å². The Morgan fingerprint density at radius 1 is 1.26 bits per heavy atom. The molecule has 2 atom stereocenters. The number of thiazole rings is 1. The van der Waals surface area contributed by atoms with Crippen LogP contribution in [0.1, 0.15) is 57.0 Å². The van der Waals surface area contributed by atoms with Gasteiger partial charge in [-0.1, -0.05) is 6.92 Å². The Bertz CT molecular complexity index is 633. The van der Waals surface area contributed by atoms with Crippen molar-refractivity contribution in [2.24, 2.45) is 5.92 Å². The van der Waals surface area contributed by atoms with Crippen molar-refractivity contribution in [1.29, 1.82) is 0 Å². The largest absolute Gasteiger partial charge is 0.481 e. The van der Waals surface area contributed by atoms with Crippen molar-refractivity contribution >= 4 is 28.4 Å². The van der Waals surface area contributed by atoms with Crippen LogP contribution in [0.15, 0.2) is 0 Å². The Labute approximate surface area is 164 Å². The second-order valence-electron chi connectivity index (χ2n) is 7.48. The first-order valence-electron chi connectivity index (χ1n) is 9.72. The van der Waals surface area contributed by atoms with E-state index in [1.165, 1.54) is 49.3 Å². The summed E-state index contributed by atoms with van der Waals surface area (Å²) in [4.78, 5) is 28.3. The molecular formula is C19H31N3O4S. The Hall–Kier alpha value is -1.67. The maximum atomic E-state index is 9.64. The van der Waals surface area contributed by atoms with Gasteiger partial charge < -0.3 is 20.4 Å². The van der Waals surface area contributed by atoms with Gasteiger partial charge in [-0.3, -0.25) is 9.59 Å². The van der Waals surface area contributed by atoms with Gasteiger partial charge in [0.1, 0.15) is 0 Å². The first-order valence-corrected chi connectivity index (χ1v) is 10.5. The minimum atomic E-state index is -1.08. The zero-order valence-corrected chi connectivity index (χ0v) is 17.2. The number of piperidine rings is 1. The van der Waals surface area contributed by atoms with E-state index < -0.39 is 11.9 Å². The van der Waals surface area contributed by atoms with Crippen molar-refractivity contribution in [2.75, 3.05) is 18.4 Å². The van der Waals surface area contributed by atoms with Crippen molar-refractivity contribution in [3.63, 3.8) is 0 Å². The molecule has 7 nitrogen and oxygen atoms in total. The molecule has 0 amide bonds. The fourth-order valence-corrected chi connectivity index (χ4v) is 4.99. The molecule has 0 unspecified atom stereocenters. The van der Waals surface area contributed by atoms with Crippen LogP contribution in [-0.4, -0.2) is 57.2 Å². The zero-order chi connectivity index (χ0) is 20.0. The van der Waals surface area contributed by atoms with Crippen molar-refractivity contribution < 1.29 is 19.8 Å². The van der Waals surface area contributed by atoms with E-state index in [9.17, 15) is 9.59 Å². The molecule has 0 saturated carbocycles. The van der Waals surface area contributed by atoms with Gasteiger partial charge in [-0.05, 0) is 58.5 Å². The van der Waals surface area contributed by atoms with Gasteiger partial charge >= 0.3 is 11.9 Å². The highest BCUT2D eigenvalue weighted by molar-refractivity contribution is 7.15. The maximum Gasteiger partial charge on any atom is 0.303 e. The molecule has 27 heavy (non-hydrogen) atoms. The lowest BCUT2D eigenvalue weighted by molar-refractivity contribution is -0.143. The lowest BCUT2D eigenvalue weighted by atomic mass is 9.79. The standard InChI is InChI=1S/C15H25N3S.C4H6O4/c1-4-18-7-5-6-11-8-12-14(9-13(11)18)19-15(17-12)16-10(2)3;5-3(6)1-2-4(7)8/h10-11,13H,4-9H2,1-3H3,(H,16,17);1-2H2,(H,5,6)(H,7,8)/t11-,13-;/m1./s1. The van der Waals surface area contributed by atoms with Crippen molar-refractivity contribution in [1.82, 2.24) is 9.88 Å². The van der Waals surface area contributed by atoms with Crippen LogP contribution in [0.4, 0.5) is 5.13 Å². The van der Waals surface area contributed by atoms with E-state index in [0.717, 1.165) is 17.1 Å². The average molecular weight is 398 g/mol. The quantitative estimate of drug-likeness (QED) is 0.678. The predicted molar refractivity (Wildman–Crippen MR) is 107 cm³/mol. The number of likely N-dealkylation sites (N-methyl/N-ethyl adjacent to an activating group) is 1. The summed E-state index contributed by atoms with van der Waals surface area (Å²) in [5.41, 5.74) is 1.38. The molecule has 1 saturated heterocycles. The molecule has 1 fully saturated rings. The number of aromatic nitrogens is 1. The van der Waals surface area contributed by atoms with E-state index in [0.29, 0.717) is 6.04 Å². The van der Waals surface area contributed by atoms with Crippen LogP contribution in [-0.2, 0) is 22.4 Å². The van der Waals surface area contributed by atoms with Gasteiger partial charge in [0.15, 0.2) is 5.13 Å². The number of likely N-dealkylation sites (tertiary alicyclic amines) is 1. The van der Waals surface area contributed by atoms with Crippen molar-refractivity contribution in [3.05, 3.63) is 10.6 Å². The van der Waals surface area contributed by atoms with Crippen LogP contribution in [0.25, 0.3) is 0 Å². The molecule has 152 valence electrons. The summed E-state index contributed by atoms with van der Waals surface area (Å²) in [7, 11) is 0. The Balaban J connectivity index is 0.000000279. The van der Waals surface area contributed by atoms with Crippen molar-refractivity contribution in [3.8, 4) is 0 Å². The van der Waals surface area contributed by atoms with E-state index >= 15 is 0 Å². The van der Waals surface area contributed by atoms with Crippen molar-refractivity contribution in [2.45, 2.75) is 71.4 Å². The van der Waals surface area contributed by atoms with Crippen LogP contribution in [0.2, 0.25) is 0 Å². The van der Waals surface area contributed by atoms with Gasteiger partial charge in [-0.15, -0.1) is 11.3 Å². The molecule has 2 aliphatic rings. The number of anilines is 1. The fraction of sp³-hybridized carbons (Fsp3) is 0.737. The molecule has 0 radical (unpaired) electrons. The average Bonchev–Trinajstić information content (AvgIpc) is 2.98. The number of carbonyl (C=O) groups is 2. The van der Waals surface area contributed by atoms with Gasteiger partial charge in [-0.25, -0.2) is 4.98 Å². The number of carboxylic acids is 2. The van der Waals surface area contributed by atoms with Gasteiger partial charge in [-0.2, -0.15) is 0 Å². The van der Waals surface area contributed by atoms with E-state index in [4.69, 9.17) is 15.2 Å². The molecule has 0 bridgehead atoms. The highest BCUT2D eigenvalue weighted by Gasteiger charge is 2.36. The molecule has 2 heterocycles.